The van der Waals surface area contributed by atoms with Crippen LogP contribution in [0.15, 0.2) is 24.3 Å². The smallest absolute Gasteiger partial charge is 0.252 e. The highest BCUT2D eigenvalue weighted by molar-refractivity contribution is 6.67. The number of carbonyl (C=O) groups is 1. The maximum absolute atomic E-state index is 10.6. The average Bonchev–Trinajstić information content (AvgIpc) is 2.05. The largest absolute Gasteiger partial charge is 0.299 e. The molecule has 0 spiro atoms. The van der Waals surface area contributed by atoms with Crippen LogP contribution in [0.3, 0.4) is 0 Å². The Morgan fingerprint density at radius 3 is 2.18 bits per heavy atom. The predicted octanol–water partition coefficient (Wildman–Crippen LogP) is 2.63. The van der Waals surface area contributed by atoms with Crippen molar-refractivity contribution in [3.05, 3.63) is 29.8 Å². The summed E-state index contributed by atoms with van der Waals surface area (Å²) in [5, 5.41) is -0.467. The summed E-state index contributed by atoms with van der Waals surface area (Å²) in [5.41, 5.74) is 1.19. The first-order chi connectivity index (χ1) is 5.24. The van der Waals surface area contributed by atoms with Crippen LogP contribution in [0.25, 0.3) is 0 Å². The second-order valence-corrected chi connectivity index (χ2v) is 2.48. The summed E-state index contributed by atoms with van der Waals surface area (Å²) in [6.07, 6.45) is 0. The molecule has 0 bridgehead atoms. The molecule has 0 fully saturated rings. The normalized spacial score (nSPS) is 9.27. The van der Waals surface area contributed by atoms with Crippen LogP contribution in [-0.2, 0) is 0 Å². The number of carbonyl (C=O) groups excluding carboxylic acids is 1. The van der Waals surface area contributed by atoms with Crippen molar-refractivity contribution < 1.29 is 4.79 Å². The predicted molar refractivity (Wildman–Crippen MR) is 46.1 cm³/mol. The molecule has 0 aromatic heterocycles. The lowest BCUT2D eigenvalue weighted by Gasteiger charge is -1.96. The van der Waals surface area contributed by atoms with Crippen LogP contribution in [0, 0.1) is 0 Å². The highest BCUT2D eigenvalue weighted by Crippen LogP contribution is 2.11. The zero-order valence-corrected chi connectivity index (χ0v) is 6.99. The van der Waals surface area contributed by atoms with E-state index < -0.39 is 5.24 Å². The third kappa shape index (κ3) is 2.10. The van der Waals surface area contributed by atoms with E-state index in [0.29, 0.717) is 5.56 Å². The van der Waals surface area contributed by atoms with Gasteiger partial charge in [-0.2, -0.15) is 0 Å². The molecule has 1 rings (SSSR count). The van der Waals surface area contributed by atoms with Gasteiger partial charge in [0.25, 0.3) is 5.24 Å². The molecule has 4 heteroatoms. The molecule has 1 N–H and O–H groups in total. The third-order valence-corrected chi connectivity index (χ3v) is 1.66. The summed E-state index contributed by atoms with van der Waals surface area (Å²) in [7, 11) is 0. The number of hydrogen-bond acceptors (Lipinski definition) is 2. The van der Waals surface area contributed by atoms with E-state index in [9.17, 15) is 4.79 Å². The van der Waals surface area contributed by atoms with E-state index in [1.165, 1.54) is 0 Å². The summed E-state index contributed by atoms with van der Waals surface area (Å²) in [6, 6.07) is 6.53. The fourth-order valence-electron chi connectivity index (χ4n) is 0.664. The molecular weight excluding hydrogens is 185 g/mol. The number of rotatable bonds is 2. The quantitative estimate of drug-likeness (QED) is 0.573. The maximum Gasteiger partial charge on any atom is 0.252 e. The Morgan fingerprint density at radius 1 is 1.27 bits per heavy atom. The number of nitrogens with one attached hydrogen (secondary N) is 1. The molecule has 58 valence electrons. The van der Waals surface area contributed by atoms with Gasteiger partial charge >= 0.3 is 0 Å². The van der Waals surface area contributed by atoms with Gasteiger partial charge in [-0.15, -0.1) is 0 Å². The molecule has 0 aliphatic carbocycles. The highest BCUT2D eigenvalue weighted by Gasteiger charge is 1.99. The van der Waals surface area contributed by atoms with Crippen molar-refractivity contribution >= 4 is 34.3 Å². The zero-order chi connectivity index (χ0) is 8.27. The van der Waals surface area contributed by atoms with E-state index in [2.05, 4.69) is 4.84 Å². The number of hydrogen-bond donors (Lipinski definition) is 1. The molecule has 1 aromatic carbocycles. The van der Waals surface area contributed by atoms with Gasteiger partial charge in [-0.05, 0) is 35.9 Å². The maximum atomic E-state index is 10.6. The van der Waals surface area contributed by atoms with Gasteiger partial charge in [0.15, 0.2) is 0 Å². The van der Waals surface area contributed by atoms with Gasteiger partial charge in [0.05, 0.1) is 0 Å². The molecular formula is C7H5Cl2NO. The Balaban J connectivity index is 2.91. The van der Waals surface area contributed by atoms with Crippen molar-refractivity contribution in [2.45, 2.75) is 0 Å². The lowest BCUT2D eigenvalue weighted by atomic mass is 10.2. The molecule has 0 radical (unpaired) electrons. The number of benzene rings is 1. The van der Waals surface area contributed by atoms with Crippen molar-refractivity contribution in [2.75, 3.05) is 4.84 Å². The summed E-state index contributed by atoms with van der Waals surface area (Å²) < 4.78 is 0. The first kappa shape index (κ1) is 8.37. The third-order valence-electron chi connectivity index (χ3n) is 1.22. The van der Waals surface area contributed by atoms with Crippen LogP contribution >= 0.6 is 23.4 Å². The van der Waals surface area contributed by atoms with Gasteiger partial charge < -0.3 is 0 Å². The van der Waals surface area contributed by atoms with Gasteiger partial charge in [-0.3, -0.25) is 9.63 Å². The van der Waals surface area contributed by atoms with E-state index in [4.69, 9.17) is 23.4 Å². The molecule has 0 saturated carbocycles. The van der Waals surface area contributed by atoms with E-state index >= 15 is 0 Å². The molecule has 0 aliphatic heterocycles. The van der Waals surface area contributed by atoms with Crippen molar-refractivity contribution in [2.24, 2.45) is 0 Å². The van der Waals surface area contributed by atoms with E-state index in [-0.39, 0.29) is 0 Å². The summed E-state index contributed by atoms with van der Waals surface area (Å²) in [5.74, 6) is 0. The van der Waals surface area contributed by atoms with Crippen LogP contribution < -0.4 is 4.84 Å². The minimum absolute atomic E-state index is 0.460. The molecule has 0 atom stereocenters. The molecule has 0 unspecified atom stereocenters. The number of halogens is 2. The SMILES string of the molecule is O=C(Cl)c1ccc(NCl)cc1. The Hall–Kier alpha value is -0.730. The van der Waals surface area contributed by atoms with Crippen molar-refractivity contribution in [1.82, 2.24) is 0 Å². The van der Waals surface area contributed by atoms with Gasteiger partial charge in [0.1, 0.15) is 0 Å². The molecule has 1 aromatic rings. The van der Waals surface area contributed by atoms with Crippen LogP contribution in [-0.4, -0.2) is 5.24 Å². The molecule has 0 saturated heterocycles. The summed E-state index contributed by atoms with van der Waals surface area (Å²) in [4.78, 5) is 13.0. The lowest BCUT2D eigenvalue weighted by molar-refractivity contribution is 0.108. The molecule has 2 nitrogen and oxygen atoms in total. The Bertz CT molecular complexity index is 258. The van der Waals surface area contributed by atoms with E-state index in [1.807, 2.05) is 0 Å². The first-order valence-electron chi connectivity index (χ1n) is 2.90. The number of anilines is 1. The Kier molecular flexibility index (Phi) is 2.74. The van der Waals surface area contributed by atoms with E-state index in [0.717, 1.165) is 5.69 Å². The van der Waals surface area contributed by atoms with Crippen LogP contribution in [0.5, 0.6) is 0 Å². The van der Waals surface area contributed by atoms with Gasteiger partial charge in [0, 0.05) is 23.0 Å². The van der Waals surface area contributed by atoms with Gasteiger partial charge in [0.2, 0.25) is 0 Å². The topological polar surface area (TPSA) is 29.1 Å². The highest BCUT2D eigenvalue weighted by atomic mass is 35.5. The van der Waals surface area contributed by atoms with Crippen LogP contribution in [0.1, 0.15) is 10.4 Å². The average molecular weight is 190 g/mol. The first-order valence-corrected chi connectivity index (χ1v) is 3.66. The standard InChI is InChI=1S/C7H5Cl2NO/c8-7(11)5-1-3-6(10-9)4-2-5/h1-4,10H. The van der Waals surface area contributed by atoms with Crippen molar-refractivity contribution in [1.29, 1.82) is 0 Å². The Labute approximate surface area is 74.2 Å². The Morgan fingerprint density at radius 2 is 1.82 bits per heavy atom. The molecule has 0 aliphatic rings. The molecule has 11 heavy (non-hydrogen) atoms. The van der Waals surface area contributed by atoms with Gasteiger partial charge in [-0.1, -0.05) is 0 Å². The minimum atomic E-state index is -0.467. The minimum Gasteiger partial charge on any atom is -0.299 e. The van der Waals surface area contributed by atoms with Gasteiger partial charge in [-0.25, -0.2) is 0 Å². The summed E-state index contributed by atoms with van der Waals surface area (Å²) in [6.45, 7) is 0. The van der Waals surface area contributed by atoms with Crippen LogP contribution in [0.2, 0.25) is 0 Å². The fraction of sp³-hybridized carbons (Fsp3) is 0. The second-order valence-electron chi connectivity index (χ2n) is 1.95. The van der Waals surface area contributed by atoms with Crippen molar-refractivity contribution in [3.63, 3.8) is 0 Å². The molecule has 0 heterocycles. The van der Waals surface area contributed by atoms with Crippen molar-refractivity contribution in [3.8, 4) is 0 Å². The fourth-order valence-corrected chi connectivity index (χ4v) is 0.916. The molecule has 0 amide bonds. The monoisotopic (exact) mass is 189 g/mol. The zero-order valence-electron chi connectivity index (χ0n) is 5.47. The lowest BCUT2D eigenvalue weighted by Crippen LogP contribution is -1.88. The van der Waals surface area contributed by atoms with Crippen LogP contribution in [0.4, 0.5) is 5.69 Å². The second kappa shape index (κ2) is 3.60. The summed E-state index contributed by atoms with van der Waals surface area (Å²) >= 11 is 10.5. The van der Waals surface area contributed by atoms with E-state index in [1.54, 1.807) is 24.3 Å².